The van der Waals surface area contributed by atoms with E-state index in [0.717, 1.165) is 0 Å². The number of halogens is 2. The molecule has 0 aliphatic carbocycles. The minimum absolute atomic E-state index is 0.261. The van der Waals surface area contributed by atoms with E-state index in [9.17, 15) is 8.94 Å². The van der Waals surface area contributed by atoms with E-state index >= 15 is 0 Å². The van der Waals surface area contributed by atoms with E-state index in [2.05, 4.69) is 25.6 Å². The van der Waals surface area contributed by atoms with E-state index in [4.69, 9.17) is 0 Å². The Hall–Kier alpha value is -0.170. The molecular weight excluding hydrogens is 307 g/mol. The summed E-state index contributed by atoms with van der Waals surface area (Å²) in [5.74, 6) is -0.404. The predicted molar refractivity (Wildman–Crippen MR) is 71.3 cm³/mol. The molecule has 0 bridgehead atoms. The van der Waals surface area contributed by atoms with E-state index in [0.29, 0.717) is 4.60 Å². The lowest BCUT2D eigenvalue weighted by Gasteiger charge is -2.26. The minimum atomic E-state index is -1.25. The molecule has 1 aromatic rings. The van der Waals surface area contributed by atoms with Crippen LogP contribution < -0.4 is 4.72 Å². The van der Waals surface area contributed by atoms with Crippen molar-refractivity contribution in [2.45, 2.75) is 38.5 Å². The normalized spacial score (nSPS) is 15.7. The maximum atomic E-state index is 13.5. The van der Waals surface area contributed by atoms with Crippen LogP contribution in [0.3, 0.4) is 0 Å². The Morgan fingerprint density at radius 2 is 2.06 bits per heavy atom. The first-order valence-corrected chi connectivity index (χ1v) is 7.16. The number of nitrogens with zero attached hydrogens (tertiary/aromatic N) is 1. The molecule has 0 fully saturated rings. The van der Waals surface area contributed by atoms with Crippen molar-refractivity contribution in [2.75, 3.05) is 0 Å². The van der Waals surface area contributed by atoms with Gasteiger partial charge in [-0.25, -0.2) is 9.37 Å². The van der Waals surface area contributed by atoms with Gasteiger partial charge < -0.3 is 4.55 Å². The molecule has 0 aromatic carbocycles. The van der Waals surface area contributed by atoms with Crippen LogP contribution in [-0.4, -0.2) is 14.3 Å². The third-order valence-corrected chi connectivity index (χ3v) is 4.21. The Labute approximate surface area is 113 Å². The molecule has 1 unspecified atom stereocenters. The second kappa shape index (κ2) is 5.65. The van der Waals surface area contributed by atoms with Crippen LogP contribution in [0.25, 0.3) is 0 Å². The summed E-state index contributed by atoms with van der Waals surface area (Å²) in [6.07, 6.45) is 0. The van der Waals surface area contributed by atoms with E-state index in [1.807, 2.05) is 20.8 Å². The Kier molecular flexibility index (Phi) is 4.95. The molecule has 1 aromatic heterocycles. The highest BCUT2D eigenvalue weighted by Gasteiger charge is 2.29. The second-order valence-corrected chi connectivity index (χ2v) is 7.53. The highest BCUT2D eigenvalue weighted by Crippen LogP contribution is 2.21. The van der Waals surface area contributed by atoms with Gasteiger partial charge in [-0.15, -0.1) is 4.72 Å². The first-order chi connectivity index (χ1) is 7.71. The van der Waals surface area contributed by atoms with Crippen molar-refractivity contribution in [3.8, 4) is 0 Å². The summed E-state index contributed by atoms with van der Waals surface area (Å²) in [5, 5.41) is 0. The molecule has 17 heavy (non-hydrogen) atoms. The number of hydrogen-bond donors (Lipinski definition) is 1. The molecule has 0 aliphatic rings. The van der Waals surface area contributed by atoms with Crippen LogP contribution in [0.2, 0.25) is 0 Å². The first kappa shape index (κ1) is 14.9. The summed E-state index contributed by atoms with van der Waals surface area (Å²) in [6.45, 7) is 7.30. The van der Waals surface area contributed by atoms with E-state index < -0.39 is 28.0 Å². The van der Waals surface area contributed by atoms with Crippen molar-refractivity contribution in [3.63, 3.8) is 0 Å². The Morgan fingerprint density at radius 1 is 1.47 bits per heavy atom. The molecule has 3 nitrogen and oxygen atoms in total. The molecule has 0 spiro atoms. The maximum absolute atomic E-state index is 13.5. The van der Waals surface area contributed by atoms with Crippen molar-refractivity contribution in [3.05, 3.63) is 28.2 Å². The van der Waals surface area contributed by atoms with Gasteiger partial charge >= 0.3 is 0 Å². The summed E-state index contributed by atoms with van der Waals surface area (Å²) >= 11 is 1.93. The van der Waals surface area contributed by atoms with Crippen molar-refractivity contribution < 1.29 is 8.94 Å². The zero-order valence-electron chi connectivity index (χ0n) is 10.3. The van der Waals surface area contributed by atoms with Gasteiger partial charge in [0.05, 0.1) is 11.7 Å². The van der Waals surface area contributed by atoms with E-state index in [-0.39, 0.29) is 5.69 Å². The van der Waals surface area contributed by atoms with Crippen LogP contribution in [0, 0.1) is 5.82 Å². The standard InChI is InChI=1S/C11H16BrFN2OS/c1-7(15-17(16)11(2,3)4)10-8(13)5-6-9(12)14-10/h5-7,15H,1-4H3/t7?,17-/m0/s1. The van der Waals surface area contributed by atoms with Gasteiger partial charge in [0.25, 0.3) is 0 Å². The molecule has 1 N–H and O–H groups in total. The van der Waals surface area contributed by atoms with Crippen molar-refractivity contribution in [1.82, 2.24) is 9.71 Å². The molecule has 0 amide bonds. The topological polar surface area (TPSA) is 48.0 Å². The highest BCUT2D eigenvalue weighted by molar-refractivity contribution is 9.10. The summed E-state index contributed by atoms with van der Waals surface area (Å²) in [4.78, 5) is 4.05. The summed E-state index contributed by atoms with van der Waals surface area (Å²) in [6, 6.07) is 2.46. The molecule has 1 rings (SSSR count). The number of pyridine rings is 1. The van der Waals surface area contributed by atoms with Crippen LogP contribution in [0.1, 0.15) is 39.4 Å². The Morgan fingerprint density at radius 3 is 2.59 bits per heavy atom. The average molecular weight is 323 g/mol. The van der Waals surface area contributed by atoms with Gasteiger partial charge in [-0.2, -0.15) is 0 Å². The number of aromatic nitrogens is 1. The molecule has 2 atom stereocenters. The quantitative estimate of drug-likeness (QED) is 0.687. The smallest absolute Gasteiger partial charge is 0.146 e. The second-order valence-electron chi connectivity index (χ2n) is 4.72. The van der Waals surface area contributed by atoms with E-state index in [1.165, 1.54) is 12.1 Å². The highest BCUT2D eigenvalue weighted by atomic mass is 79.9. The summed E-state index contributed by atoms with van der Waals surface area (Å²) in [5.41, 5.74) is 0.261. The molecule has 0 aliphatic heterocycles. The van der Waals surface area contributed by atoms with Crippen LogP contribution in [0.4, 0.5) is 4.39 Å². The third-order valence-electron chi connectivity index (χ3n) is 2.09. The lowest BCUT2D eigenvalue weighted by Crippen LogP contribution is -2.40. The number of hydrogen-bond acceptors (Lipinski definition) is 3. The minimum Gasteiger partial charge on any atom is -0.598 e. The molecule has 1 heterocycles. The van der Waals surface area contributed by atoms with Crippen molar-refractivity contribution >= 4 is 27.3 Å². The van der Waals surface area contributed by atoms with Gasteiger partial charge in [0.15, 0.2) is 0 Å². The number of rotatable bonds is 3. The molecule has 96 valence electrons. The van der Waals surface area contributed by atoms with Gasteiger partial charge in [-0.05, 0) is 55.8 Å². The third kappa shape index (κ3) is 4.21. The molecule has 6 heteroatoms. The van der Waals surface area contributed by atoms with Crippen LogP contribution in [0.15, 0.2) is 16.7 Å². The maximum Gasteiger partial charge on any atom is 0.146 e. The SMILES string of the molecule is CC(N[S@@+]([O-])C(C)(C)C)c1nc(Br)ccc1F. The molecule has 0 saturated heterocycles. The van der Waals surface area contributed by atoms with Gasteiger partial charge in [-0.1, -0.05) is 0 Å². The van der Waals surface area contributed by atoms with Crippen LogP contribution in [0.5, 0.6) is 0 Å². The Balaban J connectivity index is 2.83. The first-order valence-electron chi connectivity index (χ1n) is 5.22. The van der Waals surface area contributed by atoms with Crippen LogP contribution in [-0.2, 0) is 11.4 Å². The largest absolute Gasteiger partial charge is 0.598 e. The van der Waals surface area contributed by atoms with Gasteiger partial charge in [0, 0.05) is 11.4 Å². The fraction of sp³-hybridized carbons (Fsp3) is 0.545. The zero-order valence-corrected chi connectivity index (χ0v) is 12.7. The lowest BCUT2D eigenvalue weighted by molar-refractivity contribution is 0.516. The zero-order chi connectivity index (χ0) is 13.2. The predicted octanol–water partition coefficient (Wildman–Crippen LogP) is 3.10. The average Bonchev–Trinajstić information content (AvgIpc) is 2.20. The fourth-order valence-corrected chi connectivity index (χ4v) is 2.24. The van der Waals surface area contributed by atoms with E-state index in [1.54, 1.807) is 6.92 Å². The molecule has 0 saturated carbocycles. The monoisotopic (exact) mass is 322 g/mol. The molecular formula is C11H16BrFN2OS. The lowest BCUT2D eigenvalue weighted by atomic mass is 10.2. The van der Waals surface area contributed by atoms with Crippen molar-refractivity contribution in [1.29, 1.82) is 0 Å². The van der Waals surface area contributed by atoms with Crippen LogP contribution >= 0.6 is 15.9 Å². The van der Waals surface area contributed by atoms with Gasteiger partial charge in [0.1, 0.15) is 15.2 Å². The fourth-order valence-electron chi connectivity index (χ4n) is 1.13. The Bertz CT molecular complexity index is 398. The van der Waals surface area contributed by atoms with Gasteiger partial charge in [0.2, 0.25) is 0 Å². The number of nitrogens with one attached hydrogen (secondary N) is 1. The summed E-state index contributed by atoms with van der Waals surface area (Å²) in [7, 11) is 0. The van der Waals surface area contributed by atoms with Crippen molar-refractivity contribution in [2.24, 2.45) is 0 Å². The summed E-state index contributed by atoms with van der Waals surface area (Å²) < 4.78 is 28.4. The molecule has 0 radical (unpaired) electrons. The van der Waals surface area contributed by atoms with Gasteiger partial charge in [-0.3, -0.25) is 0 Å².